The molecule has 10 heteroatoms. The predicted octanol–water partition coefficient (Wildman–Crippen LogP) is 4.07. The summed E-state index contributed by atoms with van der Waals surface area (Å²) in [6, 6.07) is 14.1. The third kappa shape index (κ3) is 3.93. The predicted molar refractivity (Wildman–Crippen MR) is 125 cm³/mol. The zero-order chi connectivity index (χ0) is 22.3. The number of rotatable bonds is 5. The number of aromatic nitrogens is 2. The molecule has 31 heavy (non-hydrogen) atoms. The summed E-state index contributed by atoms with van der Waals surface area (Å²) >= 11 is 13.1. The Bertz CT molecular complexity index is 1260. The van der Waals surface area contributed by atoms with Crippen molar-refractivity contribution in [3.05, 3.63) is 80.2 Å². The summed E-state index contributed by atoms with van der Waals surface area (Å²) in [6.45, 7) is 4.31. The molecule has 0 N–H and O–H groups in total. The molecule has 0 aliphatic carbocycles. The fraction of sp³-hybridized carbons (Fsp3) is 0.286. The summed E-state index contributed by atoms with van der Waals surface area (Å²) in [4.78, 5) is 27.8. The average Bonchev–Trinajstić information content (AvgIpc) is 3.12. The van der Waals surface area contributed by atoms with Gasteiger partial charge in [-0.3, -0.25) is 0 Å². The van der Waals surface area contributed by atoms with Gasteiger partial charge in [-0.25, -0.2) is 9.59 Å². The molecule has 1 unspecified atom stereocenters. The van der Waals surface area contributed by atoms with E-state index in [-0.39, 0.29) is 0 Å². The minimum absolute atomic E-state index is 0.340. The summed E-state index contributed by atoms with van der Waals surface area (Å²) in [5, 5.41) is 0.410. The van der Waals surface area contributed by atoms with Crippen LogP contribution < -0.4 is 16.2 Å². The van der Waals surface area contributed by atoms with Crippen molar-refractivity contribution in [1.82, 2.24) is 14.2 Å². The van der Waals surface area contributed by atoms with Crippen molar-refractivity contribution in [2.24, 2.45) is 0 Å². The molecular formula is C21H20ClN3O4S2. The first-order valence-corrected chi connectivity index (χ1v) is 11.1. The van der Waals surface area contributed by atoms with E-state index in [0.717, 1.165) is 14.9 Å². The fourth-order valence-corrected chi connectivity index (χ4v) is 5.77. The number of thioether (sulfide) groups is 1. The van der Waals surface area contributed by atoms with Gasteiger partial charge in [0.25, 0.3) is 0 Å². The van der Waals surface area contributed by atoms with E-state index in [4.69, 9.17) is 33.1 Å². The Kier molecular flexibility index (Phi) is 5.76. The fourth-order valence-electron chi connectivity index (χ4n) is 3.71. The van der Waals surface area contributed by atoms with E-state index in [2.05, 4.69) is 0 Å². The Hall–Kier alpha value is -2.49. The van der Waals surface area contributed by atoms with Gasteiger partial charge in [-0.2, -0.15) is 4.57 Å². The van der Waals surface area contributed by atoms with Crippen LogP contribution >= 0.6 is 35.6 Å². The van der Waals surface area contributed by atoms with Crippen LogP contribution in [-0.2, 0) is 6.54 Å². The number of benzene rings is 2. The molecule has 0 spiro atoms. The van der Waals surface area contributed by atoms with E-state index in [0.29, 0.717) is 27.3 Å². The van der Waals surface area contributed by atoms with E-state index >= 15 is 0 Å². The van der Waals surface area contributed by atoms with E-state index < -0.39 is 22.4 Å². The first kappa shape index (κ1) is 21.7. The zero-order valence-corrected chi connectivity index (χ0v) is 19.5. The number of ether oxygens (including phenoxy) is 1. The maximum atomic E-state index is 13.3. The molecule has 1 fully saturated rings. The van der Waals surface area contributed by atoms with Crippen molar-refractivity contribution in [3.8, 4) is 11.4 Å². The van der Waals surface area contributed by atoms with Gasteiger partial charge < -0.3 is 14.2 Å². The highest BCUT2D eigenvalue weighted by Gasteiger charge is 2.48. The van der Waals surface area contributed by atoms with Crippen LogP contribution in [0.5, 0.6) is 5.75 Å². The third-order valence-electron chi connectivity index (χ3n) is 5.06. The van der Waals surface area contributed by atoms with Crippen LogP contribution in [-0.4, -0.2) is 30.4 Å². The van der Waals surface area contributed by atoms with Gasteiger partial charge in [0.1, 0.15) is 10.1 Å². The van der Waals surface area contributed by atoms with Gasteiger partial charge >= 0.3 is 11.4 Å². The maximum absolute atomic E-state index is 13.3. The second kappa shape index (κ2) is 8.22. The lowest BCUT2D eigenvalue weighted by Gasteiger charge is -2.30. The molecule has 3 aromatic rings. The van der Waals surface area contributed by atoms with Crippen LogP contribution in [0, 0.1) is 0 Å². The summed E-state index contributed by atoms with van der Waals surface area (Å²) in [5.41, 5.74) is 0.647. The molecule has 2 aromatic carbocycles. The molecule has 4 rings (SSSR count). The Morgan fingerprint density at radius 1 is 1.19 bits per heavy atom. The number of thiocarbonyl (C=S) groups is 1. The normalized spacial score (nSPS) is 17.9. The molecule has 1 aliphatic heterocycles. The van der Waals surface area contributed by atoms with Crippen LogP contribution in [0.2, 0.25) is 5.02 Å². The highest BCUT2D eigenvalue weighted by molar-refractivity contribution is 8.24. The molecule has 7 nitrogen and oxygen atoms in total. The molecule has 0 radical (unpaired) electrons. The number of hydrogen-bond donors (Lipinski definition) is 0. The van der Waals surface area contributed by atoms with E-state index in [1.165, 1.54) is 17.8 Å². The van der Waals surface area contributed by atoms with E-state index in [1.807, 2.05) is 43.0 Å². The first-order chi connectivity index (χ1) is 14.7. The average molecular weight is 478 g/mol. The third-order valence-corrected chi connectivity index (χ3v) is 6.93. The van der Waals surface area contributed by atoms with E-state index in [9.17, 15) is 9.59 Å². The van der Waals surface area contributed by atoms with Gasteiger partial charge in [-0.1, -0.05) is 59.8 Å². The van der Waals surface area contributed by atoms with Crippen molar-refractivity contribution in [1.29, 1.82) is 0 Å². The van der Waals surface area contributed by atoms with Crippen molar-refractivity contribution in [2.75, 3.05) is 7.11 Å². The lowest BCUT2D eigenvalue weighted by molar-refractivity contribution is 0.0861. The van der Waals surface area contributed by atoms with Crippen molar-refractivity contribution >= 4 is 39.9 Å². The number of methoxy groups -OCH3 is 1. The Balaban J connectivity index is 1.81. The second-order valence-electron chi connectivity index (χ2n) is 7.57. The van der Waals surface area contributed by atoms with Gasteiger partial charge in [0.2, 0.25) is 0 Å². The lowest BCUT2D eigenvalue weighted by atomic mass is 10.1. The Morgan fingerprint density at radius 3 is 2.65 bits per heavy atom. The lowest BCUT2D eigenvalue weighted by Crippen LogP contribution is -2.42. The second-order valence-corrected chi connectivity index (χ2v) is 10.3. The van der Waals surface area contributed by atoms with Crippen molar-refractivity contribution in [2.45, 2.75) is 31.3 Å². The smallest absolute Gasteiger partial charge is 0.447 e. The summed E-state index contributed by atoms with van der Waals surface area (Å²) < 4.78 is 13.1. The zero-order valence-electron chi connectivity index (χ0n) is 17.1. The monoisotopic (exact) mass is 477 g/mol. The highest BCUT2D eigenvalue weighted by atomic mass is 35.5. The standard InChI is InChI=1S/C21H20ClN3O4S2/c1-21(2)17(23(20(30)31-21)12-13-7-4-5-10-16(13)28-3)25-18(26)24(19(27)29-25)15-9-6-8-14(22)11-15/h4-11,17H,12H2,1-3H3. The molecular weight excluding hydrogens is 458 g/mol. The van der Waals surface area contributed by atoms with Gasteiger partial charge in [0.15, 0.2) is 6.17 Å². The molecule has 0 bridgehead atoms. The molecule has 162 valence electrons. The minimum Gasteiger partial charge on any atom is -0.496 e. The minimum atomic E-state index is -0.789. The quantitative estimate of drug-likeness (QED) is 0.513. The van der Waals surface area contributed by atoms with Crippen LogP contribution in [0.4, 0.5) is 0 Å². The van der Waals surface area contributed by atoms with Crippen molar-refractivity contribution in [3.63, 3.8) is 0 Å². The summed E-state index contributed by atoms with van der Waals surface area (Å²) in [7, 11) is 1.60. The molecule has 2 heterocycles. The van der Waals surface area contributed by atoms with Crippen LogP contribution in [0.1, 0.15) is 25.6 Å². The highest BCUT2D eigenvalue weighted by Crippen LogP contribution is 2.47. The van der Waals surface area contributed by atoms with Gasteiger partial charge in [-0.15, -0.1) is 4.74 Å². The largest absolute Gasteiger partial charge is 0.496 e. The number of halogens is 1. The number of nitrogens with zero attached hydrogens (tertiary/aromatic N) is 3. The molecule has 0 saturated carbocycles. The molecule has 1 saturated heterocycles. The van der Waals surface area contributed by atoms with Gasteiger partial charge in [0, 0.05) is 10.6 Å². The van der Waals surface area contributed by atoms with Crippen LogP contribution in [0.3, 0.4) is 0 Å². The molecule has 1 aliphatic rings. The Morgan fingerprint density at radius 2 is 1.94 bits per heavy atom. The molecule has 1 aromatic heterocycles. The molecule has 0 amide bonds. The van der Waals surface area contributed by atoms with Crippen LogP contribution in [0.25, 0.3) is 5.69 Å². The van der Waals surface area contributed by atoms with Gasteiger partial charge in [0.05, 0.1) is 24.1 Å². The first-order valence-electron chi connectivity index (χ1n) is 9.45. The SMILES string of the molecule is COc1ccccc1CN1C(=S)SC(C)(C)C1n1oc(=O)n(-c2cccc(Cl)c2)c1=O. The number of para-hydroxylation sites is 1. The maximum Gasteiger partial charge on any atom is 0.447 e. The van der Waals surface area contributed by atoms with Crippen molar-refractivity contribution < 1.29 is 9.26 Å². The topological polar surface area (TPSA) is 69.6 Å². The van der Waals surface area contributed by atoms with E-state index in [1.54, 1.807) is 25.3 Å². The molecule has 1 atom stereocenters. The van der Waals surface area contributed by atoms with Gasteiger partial charge in [-0.05, 0) is 38.1 Å². The van der Waals surface area contributed by atoms with Crippen LogP contribution in [0.15, 0.2) is 62.6 Å². The Labute approximate surface area is 193 Å². The summed E-state index contributed by atoms with van der Waals surface area (Å²) in [5.74, 6) is -0.0767. The summed E-state index contributed by atoms with van der Waals surface area (Å²) in [6.07, 6.45) is -0.615. The number of hydrogen-bond acceptors (Lipinski definition) is 6.